The van der Waals surface area contributed by atoms with Gasteiger partial charge in [0, 0.05) is 9.13 Å². The van der Waals surface area contributed by atoms with E-state index in [4.69, 9.17) is 12.2 Å². The molecule has 7 heteroatoms. The minimum atomic E-state index is -0.238. The summed E-state index contributed by atoms with van der Waals surface area (Å²) in [6.45, 7) is 2.04. The molecule has 3 rings (SSSR count). The van der Waals surface area contributed by atoms with Crippen molar-refractivity contribution in [3.8, 4) is 0 Å². The molecule has 2 aromatic carbocycles. The van der Waals surface area contributed by atoms with Gasteiger partial charge < -0.3 is 5.32 Å². The van der Waals surface area contributed by atoms with Crippen molar-refractivity contribution in [1.29, 1.82) is 0 Å². The standard InChI is InChI=1S/C16H12IN3OS2/c1-9-5-6-12-13(7-9)23-16(18-12)20-15(22)19-14(21)10-3-2-4-11(17)8-10/h2-8H,1H3,(H2,18,19,20,21,22). The van der Waals surface area contributed by atoms with Crippen molar-refractivity contribution in [3.05, 3.63) is 57.2 Å². The lowest BCUT2D eigenvalue weighted by Gasteiger charge is -2.07. The Bertz CT molecular complexity index is 907. The van der Waals surface area contributed by atoms with Crippen LogP contribution in [0.15, 0.2) is 42.5 Å². The summed E-state index contributed by atoms with van der Waals surface area (Å²) in [4.78, 5) is 16.6. The van der Waals surface area contributed by atoms with Gasteiger partial charge in [-0.1, -0.05) is 23.5 Å². The minimum Gasteiger partial charge on any atom is -0.308 e. The van der Waals surface area contributed by atoms with Crippen LogP contribution in [0.25, 0.3) is 10.2 Å². The summed E-state index contributed by atoms with van der Waals surface area (Å²) in [5.41, 5.74) is 2.66. The lowest BCUT2D eigenvalue weighted by Crippen LogP contribution is -2.34. The maximum absolute atomic E-state index is 12.2. The zero-order valence-electron chi connectivity index (χ0n) is 12.1. The monoisotopic (exact) mass is 453 g/mol. The Morgan fingerprint density at radius 2 is 2.09 bits per heavy atom. The third-order valence-electron chi connectivity index (χ3n) is 3.08. The van der Waals surface area contributed by atoms with Gasteiger partial charge in [0.15, 0.2) is 10.2 Å². The molecule has 0 aliphatic rings. The number of carbonyl (C=O) groups excluding carboxylic acids is 1. The van der Waals surface area contributed by atoms with E-state index in [1.807, 2.05) is 31.2 Å². The van der Waals surface area contributed by atoms with Crippen molar-refractivity contribution in [2.45, 2.75) is 6.92 Å². The molecular formula is C16H12IN3OS2. The summed E-state index contributed by atoms with van der Waals surface area (Å²) in [6, 6.07) is 13.4. The molecule has 0 aliphatic carbocycles. The summed E-state index contributed by atoms with van der Waals surface area (Å²) < 4.78 is 2.08. The Kier molecular flexibility index (Phi) is 4.88. The molecule has 3 aromatic rings. The van der Waals surface area contributed by atoms with Crippen molar-refractivity contribution in [1.82, 2.24) is 10.3 Å². The number of thiazole rings is 1. The second-order valence-electron chi connectivity index (χ2n) is 4.91. The highest BCUT2D eigenvalue weighted by atomic mass is 127. The minimum absolute atomic E-state index is 0.238. The first-order chi connectivity index (χ1) is 11.0. The van der Waals surface area contributed by atoms with Gasteiger partial charge in [-0.25, -0.2) is 4.98 Å². The SMILES string of the molecule is Cc1ccc2nc(NC(=S)NC(=O)c3cccc(I)c3)sc2c1. The Labute approximate surface area is 156 Å². The third-order valence-corrected chi connectivity index (χ3v) is 4.89. The van der Waals surface area contributed by atoms with Gasteiger partial charge in [-0.2, -0.15) is 0 Å². The van der Waals surface area contributed by atoms with E-state index in [2.05, 4.69) is 44.3 Å². The zero-order chi connectivity index (χ0) is 16.4. The van der Waals surface area contributed by atoms with Gasteiger partial charge in [0.2, 0.25) is 0 Å². The van der Waals surface area contributed by atoms with Gasteiger partial charge in [0.1, 0.15) is 0 Å². The lowest BCUT2D eigenvalue weighted by atomic mass is 10.2. The predicted molar refractivity (Wildman–Crippen MR) is 107 cm³/mol. The number of fused-ring (bicyclic) bond motifs is 1. The van der Waals surface area contributed by atoms with E-state index in [0.717, 1.165) is 13.8 Å². The lowest BCUT2D eigenvalue weighted by molar-refractivity contribution is 0.0977. The molecule has 0 bridgehead atoms. The van der Waals surface area contributed by atoms with E-state index < -0.39 is 0 Å². The first-order valence-corrected chi connectivity index (χ1v) is 9.07. The fourth-order valence-electron chi connectivity index (χ4n) is 2.02. The number of amides is 1. The summed E-state index contributed by atoms with van der Waals surface area (Å²) in [5.74, 6) is -0.238. The van der Waals surface area contributed by atoms with Gasteiger partial charge >= 0.3 is 0 Å². The van der Waals surface area contributed by atoms with E-state index in [9.17, 15) is 4.79 Å². The largest absolute Gasteiger partial charge is 0.308 e. The van der Waals surface area contributed by atoms with Crippen LogP contribution in [0.1, 0.15) is 15.9 Å². The molecule has 4 nitrogen and oxygen atoms in total. The normalized spacial score (nSPS) is 10.5. The van der Waals surface area contributed by atoms with Crippen molar-refractivity contribution < 1.29 is 4.79 Å². The van der Waals surface area contributed by atoms with Gasteiger partial charge in [-0.15, -0.1) is 0 Å². The molecule has 0 saturated carbocycles. The highest BCUT2D eigenvalue weighted by Gasteiger charge is 2.10. The van der Waals surface area contributed by atoms with Crippen LogP contribution >= 0.6 is 46.1 Å². The number of thiocarbonyl (C=S) groups is 1. The Morgan fingerprint density at radius 3 is 2.87 bits per heavy atom. The highest BCUT2D eigenvalue weighted by Crippen LogP contribution is 2.26. The first kappa shape index (κ1) is 16.3. The Balaban J connectivity index is 1.69. The van der Waals surface area contributed by atoms with E-state index in [1.54, 1.807) is 12.1 Å². The van der Waals surface area contributed by atoms with E-state index >= 15 is 0 Å². The Hall–Kier alpha value is -1.58. The molecule has 1 aromatic heterocycles. The van der Waals surface area contributed by atoms with Gasteiger partial charge in [0.05, 0.1) is 10.2 Å². The molecular weight excluding hydrogens is 441 g/mol. The molecule has 1 amide bonds. The van der Waals surface area contributed by atoms with E-state index in [1.165, 1.54) is 16.9 Å². The number of rotatable bonds is 2. The molecule has 0 atom stereocenters. The molecule has 116 valence electrons. The topological polar surface area (TPSA) is 54.0 Å². The van der Waals surface area contributed by atoms with Crippen LogP contribution in [0, 0.1) is 10.5 Å². The van der Waals surface area contributed by atoms with Crippen LogP contribution in [-0.4, -0.2) is 16.0 Å². The Morgan fingerprint density at radius 1 is 1.26 bits per heavy atom. The van der Waals surface area contributed by atoms with Crippen LogP contribution < -0.4 is 10.6 Å². The van der Waals surface area contributed by atoms with E-state index in [-0.39, 0.29) is 11.0 Å². The second-order valence-corrected chi connectivity index (χ2v) is 7.59. The number of nitrogens with one attached hydrogen (secondary N) is 2. The zero-order valence-corrected chi connectivity index (χ0v) is 15.9. The summed E-state index contributed by atoms with van der Waals surface area (Å²) in [7, 11) is 0. The van der Waals surface area contributed by atoms with Crippen molar-refractivity contribution in [2.75, 3.05) is 5.32 Å². The number of carbonyl (C=O) groups is 1. The molecule has 0 saturated heterocycles. The molecule has 1 heterocycles. The van der Waals surface area contributed by atoms with Crippen molar-refractivity contribution >= 4 is 72.5 Å². The molecule has 2 N–H and O–H groups in total. The number of anilines is 1. The first-order valence-electron chi connectivity index (χ1n) is 6.76. The van der Waals surface area contributed by atoms with Gasteiger partial charge in [0.25, 0.3) is 5.91 Å². The number of halogens is 1. The summed E-state index contributed by atoms with van der Waals surface area (Å²) in [6.07, 6.45) is 0. The van der Waals surface area contributed by atoms with Crippen LogP contribution in [0.2, 0.25) is 0 Å². The number of nitrogens with zero attached hydrogens (tertiary/aromatic N) is 1. The fourth-order valence-corrected chi connectivity index (χ4v) is 3.78. The van der Waals surface area contributed by atoms with Gasteiger partial charge in [-0.3, -0.25) is 10.1 Å². The van der Waals surface area contributed by atoms with Crippen LogP contribution in [0.3, 0.4) is 0 Å². The maximum Gasteiger partial charge on any atom is 0.257 e. The van der Waals surface area contributed by atoms with E-state index in [0.29, 0.717) is 10.7 Å². The smallest absolute Gasteiger partial charge is 0.257 e. The number of benzene rings is 2. The van der Waals surface area contributed by atoms with Gasteiger partial charge in [-0.05, 0) is 77.6 Å². The number of hydrogen-bond acceptors (Lipinski definition) is 4. The average molecular weight is 453 g/mol. The quantitative estimate of drug-likeness (QED) is 0.448. The summed E-state index contributed by atoms with van der Waals surface area (Å²) in [5, 5.41) is 6.55. The molecule has 0 spiro atoms. The number of hydrogen-bond donors (Lipinski definition) is 2. The molecule has 0 radical (unpaired) electrons. The highest BCUT2D eigenvalue weighted by molar-refractivity contribution is 14.1. The summed E-state index contributed by atoms with van der Waals surface area (Å²) >= 11 is 8.86. The van der Waals surface area contributed by atoms with Crippen LogP contribution in [-0.2, 0) is 0 Å². The predicted octanol–water partition coefficient (Wildman–Crippen LogP) is 4.34. The molecule has 0 unspecified atom stereocenters. The van der Waals surface area contributed by atoms with Crippen molar-refractivity contribution in [3.63, 3.8) is 0 Å². The third kappa shape index (κ3) is 4.04. The second kappa shape index (κ2) is 6.90. The number of aromatic nitrogens is 1. The van der Waals surface area contributed by atoms with Crippen molar-refractivity contribution in [2.24, 2.45) is 0 Å². The molecule has 0 fully saturated rings. The average Bonchev–Trinajstić information content (AvgIpc) is 2.88. The molecule has 0 aliphatic heterocycles. The maximum atomic E-state index is 12.2. The molecule has 23 heavy (non-hydrogen) atoms. The number of aryl methyl sites for hydroxylation is 1. The van der Waals surface area contributed by atoms with Crippen LogP contribution in [0.5, 0.6) is 0 Å². The van der Waals surface area contributed by atoms with Crippen LogP contribution in [0.4, 0.5) is 5.13 Å². The fraction of sp³-hybridized carbons (Fsp3) is 0.0625.